The molecule has 1 amide bonds. The smallest absolute Gasteiger partial charge is 0.317 e. The average molecular weight is 404 g/mol. The van der Waals surface area contributed by atoms with E-state index in [1.165, 1.54) is 0 Å². The zero-order valence-corrected chi connectivity index (χ0v) is 16.7. The van der Waals surface area contributed by atoms with E-state index in [1.54, 1.807) is 0 Å². The number of hydrogen-bond acceptors (Lipinski definition) is 4. The Balaban J connectivity index is 0.00000338. The molecule has 1 atom stereocenters. The number of benzene rings is 1. The van der Waals surface area contributed by atoms with Crippen molar-refractivity contribution in [3.05, 3.63) is 34.9 Å². The molecular formula is C18H27Cl2N3O3. The highest BCUT2D eigenvalue weighted by atomic mass is 35.5. The molecule has 1 aromatic carbocycles. The molecule has 0 spiro atoms. The molecule has 1 aliphatic rings. The van der Waals surface area contributed by atoms with Gasteiger partial charge in [-0.25, -0.2) is 0 Å². The van der Waals surface area contributed by atoms with Crippen LogP contribution in [-0.4, -0.2) is 65.5 Å². The first-order chi connectivity index (χ1) is 11.9. The summed E-state index contributed by atoms with van der Waals surface area (Å²) >= 11 is 6.11. The Morgan fingerprint density at radius 1 is 1.35 bits per heavy atom. The number of aliphatic carboxylic acids is 1. The molecule has 0 bridgehead atoms. The SMILES string of the molecule is CC(C(=O)NCc1ccccc1Cl)N1CCC(N(C)CC(=O)O)CC1.Cl. The lowest BCUT2D eigenvalue weighted by atomic mass is 10.0. The van der Waals surface area contributed by atoms with Gasteiger partial charge in [0.1, 0.15) is 0 Å². The molecule has 1 aromatic rings. The summed E-state index contributed by atoms with van der Waals surface area (Å²) in [6, 6.07) is 7.51. The van der Waals surface area contributed by atoms with Crippen molar-refractivity contribution in [1.29, 1.82) is 0 Å². The van der Waals surface area contributed by atoms with E-state index in [9.17, 15) is 9.59 Å². The minimum Gasteiger partial charge on any atom is -0.480 e. The number of nitrogens with one attached hydrogen (secondary N) is 1. The molecule has 8 heteroatoms. The van der Waals surface area contributed by atoms with E-state index in [0.29, 0.717) is 11.6 Å². The van der Waals surface area contributed by atoms with E-state index in [2.05, 4.69) is 10.2 Å². The Bertz CT molecular complexity index is 607. The molecule has 2 rings (SSSR count). The summed E-state index contributed by atoms with van der Waals surface area (Å²) in [5.41, 5.74) is 0.902. The summed E-state index contributed by atoms with van der Waals surface area (Å²) in [5.74, 6) is -0.825. The molecule has 1 unspecified atom stereocenters. The predicted molar refractivity (Wildman–Crippen MR) is 105 cm³/mol. The lowest BCUT2D eigenvalue weighted by molar-refractivity contribution is -0.138. The van der Waals surface area contributed by atoms with Crippen molar-refractivity contribution in [2.75, 3.05) is 26.7 Å². The molecule has 2 N–H and O–H groups in total. The monoisotopic (exact) mass is 403 g/mol. The van der Waals surface area contributed by atoms with Gasteiger partial charge in [-0.1, -0.05) is 29.8 Å². The van der Waals surface area contributed by atoms with Crippen LogP contribution in [0.25, 0.3) is 0 Å². The number of piperidine rings is 1. The standard InChI is InChI=1S/C18H26ClN3O3.ClH/c1-13(18(25)20-11-14-5-3-4-6-16(14)19)22-9-7-15(8-10-22)21(2)12-17(23)24;/h3-6,13,15H,7-12H2,1-2H3,(H,20,25)(H,23,24);1H. The van der Waals surface area contributed by atoms with E-state index in [1.807, 2.05) is 43.1 Å². The van der Waals surface area contributed by atoms with E-state index in [-0.39, 0.29) is 36.9 Å². The third kappa shape index (κ3) is 6.43. The summed E-state index contributed by atoms with van der Waals surface area (Å²) in [5, 5.41) is 12.5. The third-order valence-corrected chi connectivity index (χ3v) is 5.21. The number of halogens is 2. The molecule has 0 radical (unpaired) electrons. The lowest BCUT2D eigenvalue weighted by Crippen LogP contribution is -2.51. The molecule has 1 saturated heterocycles. The van der Waals surface area contributed by atoms with Crippen molar-refractivity contribution >= 4 is 35.9 Å². The van der Waals surface area contributed by atoms with E-state index >= 15 is 0 Å². The number of likely N-dealkylation sites (tertiary alicyclic amines) is 1. The van der Waals surface area contributed by atoms with Gasteiger partial charge in [0.15, 0.2) is 0 Å². The average Bonchev–Trinajstić information content (AvgIpc) is 2.59. The Hall–Kier alpha value is -1.34. The first-order valence-corrected chi connectivity index (χ1v) is 8.93. The van der Waals surface area contributed by atoms with Gasteiger partial charge in [0.25, 0.3) is 0 Å². The zero-order valence-electron chi connectivity index (χ0n) is 15.2. The van der Waals surface area contributed by atoms with Gasteiger partial charge in [-0.3, -0.25) is 19.4 Å². The second-order valence-electron chi connectivity index (χ2n) is 6.56. The maximum absolute atomic E-state index is 12.4. The van der Waals surface area contributed by atoms with E-state index < -0.39 is 5.97 Å². The maximum atomic E-state index is 12.4. The molecule has 26 heavy (non-hydrogen) atoms. The van der Waals surface area contributed by atoms with Crippen molar-refractivity contribution in [2.24, 2.45) is 0 Å². The van der Waals surface area contributed by atoms with Gasteiger partial charge in [-0.05, 0) is 38.4 Å². The van der Waals surface area contributed by atoms with Crippen molar-refractivity contribution in [3.63, 3.8) is 0 Å². The Kier molecular flexibility index (Phi) is 9.36. The number of carboxylic acids is 1. The number of carbonyl (C=O) groups is 2. The zero-order chi connectivity index (χ0) is 18.4. The van der Waals surface area contributed by atoms with Crippen LogP contribution in [0.1, 0.15) is 25.3 Å². The Morgan fingerprint density at radius 2 is 1.96 bits per heavy atom. The summed E-state index contributed by atoms with van der Waals surface area (Å²) in [6.07, 6.45) is 1.73. The van der Waals surface area contributed by atoms with Crippen LogP contribution in [0.3, 0.4) is 0 Å². The number of rotatable bonds is 7. The third-order valence-electron chi connectivity index (χ3n) is 4.85. The van der Waals surface area contributed by atoms with Gasteiger partial charge in [0, 0.05) is 30.7 Å². The number of carbonyl (C=O) groups excluding carboxylic acids is 1. The van der Waals surface area contributed by atoms with Crippen molar-refractivity contribution in [2.45, 2.75) is 38.4 Å². The summed E-state index contributed by atoms with van der Waals surface area (Å²) < 4.78 is 0. The highest BCUT2D eigenvalue weighted by Gasteiger charge is 2.28. The maximum Gasteiger partial charge on any atom is 0.317 e. The van der Waals surface area contributed by atoms with Gasteiger partial charge >= 0.3 is 5.97 Å². The first kappa shape index (κ1) is 22.7. The second kappa shape index (κ2) is 10.7. The molecule has 0 aliphatic carbocycles. The number of hydrogen-bond donors (Lipinski definition) is 2. The Morgan fingerprint density at radius 3 is 2.54 bits per heavy atom. The lowest BCUT2D eigenvalue weighted by Gasteiger charge is -2.38. The van der Waals surface area contributed by atoms with Gasteiger partial charge < -0.3 is 10.4 Å². The molecule has 0 aromatic heterocycles. The number of amides is 1. The predicted octanol–water partition coefficient (Wildman–Crippen LogP) is 2.25. The summed E-state index contributed by atoms with van der Waals surface area (Å²) in [4.78, 5) is 27.2. The van der Waals surface area contributed by atoms with E-state index in [0.717, 1.165) is 31.5 Å². The van der Waals surface area contributed by atoms with Gasteiger partial charge in [0.05, 0.1) is 12.6 Å². The number of likely N-dealkylation sites (N-methyl/N-ethyl adjacent to an activating group) is 1. The quantitative estimate of drug-likeness (QED) is 0.730. The van der Waals surface area contributed by atoms with Crippen LogP contribution >= 0.6 is 24.0 Å². The number of nitrogens with zero attached hydrogens (tertiary/aromatic N) is 2. The molecule has 6 nitrogen and oxygen atoms in total. The van der Waals surface area contributed by atoms with Crippen molar-refractivity contribution in [3.8, 4) is 0 Å². The topological polar surface area (TPSA) is 72.9 Å². The fraction of sp³-hybridized carbons (Fsp3) is 0.556. The molecule has 0 saturated carbocycles. The van der Waals surface area contributed by atoms with Gasteiger partial charge in [-0.15, -0.1) is 12.4 Å². The molecule has 146 valence electrons. The minimum atomic E-state index is -0.808. The fourth-order valence-electron chi connectivity index (χ4n) is 3.19. The van der Waals surface area contributed by atoms with Crippen LogP contribution in [0.15, 0.2) is 24.3 Å². The summed E-state index contributed by atoms with van der Waals surface area (Å²) in [7, 11) is 1.84. The molecular weight excluding hydrogens is 377 g/mol. The number of carboxylic acid groups (broad SMARTS) is 1. The minimum absolute atomic E-state index is 0. The van der Waals surface area contributed by atoms with E-state index in [4.69, 9.17) is 16.7 Å². The second-order valence-corrected chi connectivity index (χ2v) is 6.97. The largest absolute Gasteiger partial charge is 0.480 e. The van der Waals surface area contributed by atoms with Crippen molar-refractivity contribution < 1.29 is 14.7 Å². The van der Waals surface area contributed by atoms with Crippen LogP contribution in [-0.2, 0) is 16.1 Å². The van der Waals surface area contributed by atoms with Gasteiger partial charge in [0.2, 0.25) is 5.91 Å². The highest BCUT2D eigenvalue weighted by Crippen LogP contribution is 2.18. The molecule has 1 aliphatic heterocycles. The van der Waals surface area contributed by atoms with Crippen LogP contribution in [0, 0.1) is 0 Å². The van der Waals surface area contributed by atoms with Crippen LogP contribution in [0.5, 0.6) is 0 Å². The summed E-state index contributed by atoms with van der Waals surface area (Å²) in [6.45, 7) is 3.95. The molecule has 1 fully saturated rings. The first-order valence-electron chi connectivity index (χ1n) is 8.55. The molecule has 1 heterocycles. The normalized spacial score (nSPS) is 16.8. The van der Waals surface area contributed by atoms with Crippen LogP contribution in [0.2, 0.25) is 5.02 Å². The van der Waals surface area contributed by atoms with Crippen LogP contribution in [0.4, 0.5) is 0 Å². The fourth-order valence-corrected chi connectivity index (χ4v) is 3.40. The van der Waals surface area contributed by atoms with Crippen LogP contribution < -0.4 is 5.32 Å². The van der Waals surface area contributed by atoms with Crippen molar-refractivity contribution in [1.82, 2.24) is 15.1 Å². The highest BCUT2D eigenvalue weighted by molar-refractivity contribution is 6.31. The van der Waals surface area contributed by atoms with Gasteiger partial charge in [-0.2, -0.15) is 0 Å². The Labute approximate surface area is 165 Å².